The minimum atomic E-state index is -1.16. The Morgan fingerprint density at radius 2 is 1.67 bits per heavy atom. The average molecular weight is 544 g/mol. The van der Waals surface area contributed by atoms with Crippen molar-refractivity contribution in [3.63, 3.8) is 0 Å². The highest BCUT2D eigenvalue weighted by Gasteiger charge is 2.41. The molecule has 1 atom stereocenters. The SMILES string of the molecule is CCC(C)(C(=O)Nc1ccc(OC)cc1OC)N(Cc1nc(-c2ccccc2)cs1)C(=O)Cc1ccccc1. The van der Waals surface area contributed by atoms with E-state index in [2.05, 4.69) is 5.32 Å². The lowest BCUT2D eigenvalue weighted by atomic mass is 9.93. The molecular weight excluding hydrogens is 510 g/mol. The molecule has 0 saturated carbocycles. The van der Waals surface area contributed by atoms with Gasteiger partial charge in [0.15, 0.2) is 0 Å². The Hall–Kier alpha value is -4.17. The van der Waals surface area contributed by atoms with Gasteiger partial charge in [0, 0.05) is 17.0 Å². The van der Waals surface area contributed by atoms with E-state index in [1.54, 1.807) is 37.1 Å². The zero-order valence-electron chi connectivity index (χ0n) is 22.6. The maximum Gasteiger partial charge on any atom is 0.250 e. The fourth-order valence-electron chi connectivity index (χ4n) is 4.30. The number of anilines is 1. The molecule has 0 aliphatic heterocycles. The zero-order valence-corrected chi connectivity index (χ0v) is 23.5. The molecule has 0 bridgehead atoms. The summed E-state index contributed by atoms with van der Waals surface area (Å²) in [7, 11) is 3.10. The fraction of sp³-hybridized carbons (Fsp3) is 0.258. The van der Waals surface area contributed by atoms with Gasteiger partial charge >= 0.3 is 0 Å². The van der Waals surface area contributed by atoms with Gasteiger partial charge in [0.1, 0.15) is 22.0 Å². The first-order valence-electron chi connectivity index (χ1n) is 12.8. The monoisotopic (exact) mass is 543 g/mol. The molecule has 0 fully saturated rings. The molecule has 1 N–H and O–H groups in total. The summed E-state index contributed by atoms with van der Waals surface area (Å²) in [5.41, 5.74) is 2.07. The van der Waals surface area contributed by atoms with Crippen molar-refractivity contribution in [2.45, 2.75) is 38.8 Å². The van der Waals surface area contributed by atoms with Gasteiger partial charge in [-0.15, -0.1) is 11.3 Å². The van der Waals surface area contributed by atoms with Crippen LogP contribution in [0.1, 0.15) is 30.8 Å². The van der Waals surface area contributed by atoms with E-state index in [0.29, 0.717) is 23.6 Å². The molecule has 4 rings (SSSR count). The van der Waals surface area contributed by atoms with Crippen molar-refractivity contribution in [3.8, 4) is 22.8 Å². The lowest BCUT2D eigenvalue weighted by Crippen LogP contribution is -2.56. The number of amides is 2. The second-order valence-corrected chi connectivity index (χ2v) is 10.2. The highest BCUT2D eigenvalue weighted by Crippen LogP contribution is 2.32. The van der Waals surface area contributed by atoms with Crippen LogP contribution in [0.25, 0.3) is 11.3 Å². The number of hydrogen-bond acceptors (Lipinski definition) is 6. The van der Waals surface area contributed by atoms with Gasteiger partial charge in [-0.2, -0.15) is 0 Å². The molecule has 1 heterocycles. The number of nitrogens with zero attached hydrogens (tertiary/aromatic N) is 2. The molecule has 3 aromatic carbocycles. The number of carbonyl (C=O) groups is 2. The predicted molar refractivity (Wildman–Crippen MR) is 155 cm³/mol. The first-order valence-corrected chi connectivity index (χ1v) is 13.6. The third kappa shape index (κ3) is 6.46. The summed E-state index contributed by atoms with van der Waals surface area (Å²) in [6.45, 7) is 3.92. The predicted octanol–water partition coefficient (Wildman–Crippen LogP) is 6.21. The number of aromatic nitrogens is 1. The van der Waals surface area contributed by atoms with Crippen LogP contribution >= 0.6 is 11.3 Å². The minimum Gasteiger partial charge on any atom is -0.497 e. The number of carbonyl (C=O) groups excluding carboxylic acids is 2. The van der Waals surface area contributed by atoms with Crippen LogP contribution < -0.4 is 14.8 Å². The Morgan fingerprint density at radius 3 is 2.31 bits per heavy atom. The Labute approximate surface area is 233 Å². The van der Waals surface area contributed by atoms with E-state index in [9.17, 15) is 9.59 Å². The molecule has 0 spiro atoms. The summed E-state index contributed by atoms with van der Waals surface area (Å²) < 4.78 is 10.8. The van der Waals surface area contributed by atoms with Crippen LogP contribution in [0.3, 0.4) is 0 Å². The van der Waals surface area contributed by atoms with Gasteiger partial charge in [-0.1, -0.05) is 67.6 Å². The first kappa shape index (κ1) is 27.9. The number of benzene rings is 3. The van der Waals surface area contributed by atoms with Crippen molar-refractivity contribution >= 4 is 28.8 Å². The molecule has 0 aliphatic carbocycles. The summed E-state index contributed by atoms with van der Waals surface area (Å²) in [6, 6.07) is 24.6. The van der Waals surface area contributed by atoms with E-state index >= 15 is 0 Å². The Balaban J connectivity index is 1.66. The normalized spacial score (nSPS) is 12.3. The zero-order chi connectivity index (χ0) is 27.8. The Morgan fingerprint density at radius 1 is 0.974 bits per heavy atom. The Bertz CT molecular complexity index is 1410. The number of methoxy groups -OCH3 is 2. The summed E-state index contributed by atoms with van der Waals surface area (Å²) in [5.74, 6) is 0.616. The molecule has 2 amide bonds. The molecule has 8 heteroatoms. The van der Waals surface area contributed by atoms with Crippen molar-refractivity contribution in [1.29, 1.82) is 0 Å². The van der Waals surface area contributed by atoms with Crippen LogP contribution in [0, 0.1) is 0 Å². The molecule has 4 aromatic rings. The van der Waals surface area contributed by atoms with Crippen molar-refractivity contribution < 1.29 is 19.1 Å². The summed E-state index contributed by atoms with van der Waals surface area (Å²) in [4.78, 5) is 34.2. The Kier molecular flexibility index (Phi) is 8.99. The van der Waals surface area contributed by atoms with E-state index in [4.69, 9.17) is 14.5 Å². The summed E-state index contributed by atoms with van der Waals surface area (Å²) >= 11 is 1.48. The number of nitrogens with one attached hydrogen (secondary N) is 1. The topological polar surface area (TPSA) is 80.8 Å². The van der Waals surface area contributed by atoms with Gasteiger partial charge in [0.05, 0.1) is 38.6 Å². The molecule has 0 radical (unpaired) electrons. The highest BCUT2D eigenvalue weighted by molar-refractivity contribution is 7.09. The number of ether oxygens (including phenoxy) is 2. The largest absolute Gasteiger partial charge is 0.497 e. The number of hydrogen-bond donors (Lipinski definition) is 1. The van der Waals surface area contributed by atoms with Gasteiger partial charge < -0.3 is 19.7 Å². The van der Waals surface area contributed by atoms with Crippen LogP contribution in [0.15, 0.2) is 84.2 Å². The molecular formula is C31H33N3O4S. The smallest absolute Gasteiger partial charge is 0.250 e. The van der Waals surface area contributed by atoms with E-state index < -0.39 is 5.54 Å². The lowest BCUT2D eigenvalue weighted by Gasteiger charge is -2.39. The van der Waals surface area contributed by atoms with Gasteiger partial charge in [-0.25, -0.2) is 4.98 Å². The molecule has 39 heavy (non-hydrogen) atoms. The molecule has 0 saturated heterocycles. The van der Waals surface area contributed by atoms with E-state index in [1.165, 1.54) is 18.4 Å². The third-order valence-corrected chi connectivity index (χ3v) is 7.68. The number of thiazole rings is 1. The summed E-state index contributed by atoms with van der Waals surface area (Å²) in [6.07, 6.45) is 0.571. The standard InChI is InChI=1S/C31H33N3O4S/c1-5-31(2,30(36)33-25-17-16-24(37-3)19-27(25)38-4)34(29(35)18-22-12-8-6-9-13-22)20-28-32-26(21-39-28)23-14-10-7-11-15-23/h6-17,19,21H,5,18,20H2,1-4H3,(H,33,36). The molecule has 202 valence electrons. The van der Waals surface area contributed by atoms with E-state index in [-0.39, 0.29) is 24.8 Å². The van der Waals surface area contributed by atoms with Gasteiger partial charge in [0.25, 0.3) is 0 Å². The first-order chi connectivity index (χ1) is 18.9. The summed E-state index contributed by atoms with van der Waals surface area (Å²) in [5, 5.41) is 5.73. The third-order valence-electron chi connectivity index (χ3n) is 6.84. The maximum absolute atomic E-state index is 13.9. The maximum atomic E-state index is 13.9. The molecule has 1 aromatic heterocycles. The van der Waals surface area contributed by atoms with Crippen molar-refractivity contribution in [3.05, 3.63) is 94.8 Å². The van der Waals surface area contributed by atoms with Gasteiger partial charge in [0.2, 0.25) is 11.8 Å². The van der Waals surface area contributed by atoms with Crippen molar-refractivity contribution in [2.24, 2.45) is 0 Å². The quantitative estimate of drug-likeness (QED) is 0.243. The number of rotatable bonds is 11. The highest BCUT2D eigenvalue weighted by atomic mass is 32.1. The van der Waals surface area contributed by atoms with Crippen LogP contribution in [0.5, 0.6) is 11.5 Å². The fourth-order valence-corrected chi connectivity index (χ4v) is 5.09. The van der Waals surface area contributed by atoms with Crippen molar-refractivity contribution in [2.75, 3.05) is 19.5 Å². The molecule has 0 aliphatic rings. The average Bonchev–Trinajstić information content (AvgIpc) is 3.45. The molecule has 1 unspecified atom stereocenters. The second kappa shape index (κ2) is 12.6. The van der Waals surface area contributed by atoms with Gasteiger partial charge in [-0.3, -0.25) is 9.59 Å². The minimum absolute atomic E-state index is 0.154. The van der Waals surface area contributed by atoms with Crippen LogP contribution in [-0.4, -0.2) is 41.5 Å². The van der Waals surface area contributed by atoms with Crippen LogP contribution in [-0.2, 0) is 22.6 Å². The molecule has 7 nitrogen and oxygen atoms in total. The van der Waals surface area contributed by atoms with Crippen molar-refractivity contribution in [1.82, 2.24) is 9.88 Å². The van der Waals surface area contributed by atoms with Crippen LogP contribution in [0.4, 0.5) is 5.69 Å². The van der Waals surface area contributed by atoms with E-state index in [0.717, 1.165) is 21.8 Å². The van der Waals surface area contributed by atoms with Crippen LogP contribution in [0.2, 0.25) is 0 Å². The second-order valence-electron chi connectivity index (χ2n) is 9.28. The van der Waals surface area contributed by atoms with E-state index in [1.807, 2.05) is 73.0 Å². The van der Waals surface area contributed by atoms with Gasteiger partial charge in [-0.05, 0) is 31.0 Å². The lowest BCUT2D eigenvalue weighted by molar-refractivity contribution is -0.145.